The highest BCUT2D eigenvalue weighted by molar-refractivity contribution is 7.90. The van der Waals surface area contributed by atoms with Crippen LogP contribution < -0.4 is 11.1 Å². The van der Waals surface area contributed by atoms with E-state index in [4.69, 9.17) is 5.73 Å². The smallest absolute Gasteiger partial charge is 0.270 e. The van der Waals surface area contributed by atoms with E-state index < -0.39 is 10.0 Å². The van der Waals surface area contributed by atoms with Crippen molar-refractivity contribution in [3.05, 3.63) is 60.9 Å². The molecule has 0 atom stereocenters. The van der Waals surface area contributed by atoms with Gasteiger partial charge in [0.15, 0.2) is 0 Å². The Bertz CT molecular complexity index is 847. The molecule has 0 saturated carbocycles. The molecule has 0 amide bonds. The molecule has 6 heteroatoms. The van der Waals surface area contributed by atoms with E-state index in [1.165, 1.54) is 16.2 Å². The number of nitrogens with zero attached hydrogens (tertiary/aromatic N) is 1. The molecule has 1 aliphatic heterocycles. The largest absolute Gasteiger partial charge is 0.399 e. The van der Waals surface area contributed by atoms with Crippen LogP contribution in [0.1, 0.15) is 11.3 Å². The van der Waals surface area contributed by atoms with Crippen molar-refractivity contribution in [2.45, 2.75) is 4.90 Å². The maximum absolute atomic E-state index is 12.6. The third-order valence-electron chi connectivity index (χ3n) is 3.19. The first-order valence-electron chi connectivity index (χ1n) is 5.89. The van der Waals surface area contributed by atoms with E-state index in [-0.39, 0.29) is 4.90 Å². The van der Waals surface area contributed by atoms with Crippen molar-refractivity contribution < 1.29 is 8.42 Å². The van der Waals surface area contributed by atoms with E-state index in [0.717, 1.165) is 0 Å². The molecule has 0 aliphatic carbocycles. The van der Waals surface area contributed by atoms with Crippen LogP contribution in [0.25, 0.3) is 11.4 Å². The molecule has 5 nitrogen and oxygen atoms in total. The van der Waals surface area contributed by atoms with Gasteiger partial charge >= 0.3 is 0 Å². The number of nitrogens with one attached hydrogen (secondary N) is 1. The second-order valence-electron chi connectivity index (χ2n) is 4.53. The molecule has 1 aromatic carbocycles. The third kappa shape index (κ3) is 1.65. The molecular weight excluding hydrogens is 274 g/mol. The molecule has 0 fully saturated rings. The number of hydrogen-bond donors (Lipinski definition) is 2. The van der Waals surface area contributed by atoms with Crippen LogP contribution in [-0.4, -0.2) is 12.4 Å². The molecule has 0 saturated heterocycles. The second kappa shape index (κ2) is 4.01. The van der Waals surface area contributed by atoms with Crippen molar-refractivity contribution in [3.63, 3.8) is 0 Å². The van der Waals surface area contributed by atoms with Crippen molar-refractivity contribution >= 4 is 27.1 Å². The molecule has 1 aliphatic rings. The van der Waals surface area contributed by atoms with E-state index in [9.17, 15) is 8.42 Å². The summed E-state index contributed by atoms with van der Waals surface area (Å²) >= 11 is 0. The molecule has 3 rings (SSSR count). The summed E-state index contributed by atoms with van der Waals surface area (Å²) in [5.41, 5.74) is 8.17. The predicted octanol–water partition coefficient (Wildman–Crippen LogP) is 2.05. The lowest BCUT2D eigenvalue weighted by Crippen LogP contribution is -2.12. The summed E-state index contributed by atoms with van der Waals surface area (Å²) < 4.78 is 26.5. The number of hydrogen-bond acceptors (Lipinski definition) is 4. The van der Waals surface area contributed by atoms with Crippen molar-refractivity contribution in [2.24, 2.45) is 5.73 Å². The van der Waals surface area contributed by atoms with Gasteiger partial charge in [-0.1, -0.05) is 19.2 Å². The summed E-state index contributed by atoms with van der Waals surface area (Å²) in [7, 11) is -3.65. The lowest BCUT2D eigenvalue weighted by molar-refractivity contribution is 0.588. The summed E-state index contributed by atoms with van der Waals surface area (Å²) in [6.45, 7) is 7.53. The predicted molar refractivity (Wildman–Crippen MR) is 79.3 cm³/mol. The Morgan fingerprint density at radius 3 is 2.75 bits per heavy atom. The van der Waals surface area contributed by atoms with Gasteiger partial charge in [0, 0.05) is 11.9 Å². The molecule has 102 valence electrons. The molecule has 2 aromatic rings. The zero-order chi connectivity index (χ0) is 14.5. The van der Waals surface area contributed by atoms with Gasteiger partial charge in [-0.3, -0.25) is 0 Å². The minimum atomic E-state index is -3.65. The Morgan fingerprint density at radius 1 is 1.30 bits per heavy atom. The fourth-order valence-electron chi connectivity index (χ4n) is 2.19. The highest BCUT2D eigenvalue weighted by Crippen LogP contribution is 2.33. The monoisotopic (exact) mass is 287 g/mol. The minimum Gasteiger partial charge on any atom is -0.399 e. The Morgan fingerprint density at radius 2 is 2.05 bits per heavy atom. The second-order valence-corrected chi connectivity index (χ2v) is 6.32. The van der Waals surface area contributed by atoms with Crippen LogP contribution >= 0.6 is 0 Å². The highest BCUT2D eigenvalue weighted by Gasteiger charge is 2.27. The molecule has 3 N–H and O–H groups in total. The van der Waals surface area contributed by atoms with Crippen LogP contribution in [0.4, 0.5) is 5.69 Å². The molecule has 20 heavy (non-hydrogen) atoms. The lowest BCUT2D eigenvalue weighted by Gasteiger charge is -2.10. The standard InChI is InChI=1S/C14H13N3O2S/c1-9(15)11-5-6-14-12(8-11)16-10(2)13-4-3-7-17(13)20(14,18)19/h3-8,16H,1-2,15H2. The maximum Gasteiger partial charge on any atom is 0.270 e. The Balaban J connectivity index is 2.32. The molecular formula is C14H13N3O2S. The number of rotatable bonds is 1. The van der Waals surface area contributed by atoms with Gasteiger partial charge in [-0.05, 0) is 29.8 Å². The third-order valence-corrected chi connectivity index (χ3v) is 4.94. The molecule has 2 heterocycles. The summed E-state index contributed by atoms with van der Waals surface area (Å²) in [5.74, 6) is 0. The van der Waals surface area contributed by atoms with Crippen molar-refractivity contribution in [2.75, 3.05) is 5.32 Å². The van der Waals surface area contributed by atoms with Crippen molar-refractivity contribution in [1.29, 1.82) is 0 Å². The lowest BCUT2D eigenvalue weighted by atomic mass is 10.1. The van der Waals surface area contributed by atoms with Crippen LogP contribution in [0.15, 0.2) is 54.6 Å². The molecule has 0 bridgehead atoms. The highest BCUT2D eigenvalue weighted by atomic mass is 32.2. The fourth-order valence-corrected chi connectivity index (χ4v) is 3.69. The van der Waals surface area contributed by atoms with Gasteiger partial charge < -0.3 is 11.1 Å². The van der Waals surface area contributed by atoms with Gasteiger partial charge in [0.05, 0.1) is 17.1 Å². The number of nitrogens with two attached hydrogens (primary N) is 1. The minimum absolute atomic E-state index is 0.179. The molecule has 0 unspecified atom stereocenters. The molecule has 0 radical (unpaired) electrons. The van der Waals surface area contributed by atoms with E-state index in [0.29, 0.717) is 28.3 Å². The number of fused-ring (bicyclic) bond motifs is 2. The Kier molecular flexibility index (Phi) is 2.52. The summed E-state index contributed by atoms with van der Waals surface area (Å²) in [4.78, 5) is 0.179. The topological polar surface area (TPSA) is 77.1 Å². The average Bonchev–Trinajstić information content (AvgIpc) is 2.85. The van der Waals surface area contributed by atoms with Crippen molar-refractivity contribution in [3.8, 4) is 0 Å². The SMILES string of the molecule is C=C(N)c1ccc2c(c1)NC(=C)c1cccn1S2(=O)=O. The van der Waals surface area contributed by atoms with E-state index in [2.05, 4.69) is 18.5 Å². The summed E-state index contributed by atoms with van der Waals surface area (Å²) in [6.07, 6.45) is 1.50. The fraction of sp³-hybridized carbons (Fsp3) is 0. The quantitative estimate of drug-likeness (QED) is 0.841. The number of anilines is 1. The van der Waals surface area contributed by atoms with E-state index in [1.54, 1.807) is 24.3 Å². The van der Waals surface area contributed by atoms with Gasteiger partial charge in [-0.2, -0.15) is 0 Å². The van der Waals surface area contributed by atoms with Gasteiger partial charge in [0.25, 0.3) is 10.0 Å². The average molecular weight is 287 g/mol. The molecule has 1 aromatic heterocycles. The molecule has 0 spiro atoms. The van der Waals surface area contributed by atoms with Crippen LogP contribution in [-0.2, 0) is 10.0 Å². The normalized spacial score (nSPS) is 15.7. The Hall–Kier alpha value is -2.47. The van der Waals surface area contributed by atoms with Gasteiger partial charge in [0.1, 0.15) is 4.90 Å². The first kappa shape index (κ1) is 12.6. The van der Waals surface area contributed by atoms with Gasteiger partial charge in [0.2, 0.25) is 0 Å². The zero-order valence-electron chi connectivity index (χ0n) is 10.6. The summed E-state index contributed by atoms with van der Waals surface area (Å²) in [5, 5.41) is 3.02. The zero-order valence-corrected chi connectivity index (χ0v) is 11.4. The first-order valence-corrected chi connectivity index (χ1v) is 7.33. The van der Waals surface area contributed by atoms with Crippen molar-refractivity contribution in [1.82, 2.24) is 3.97 Å². The number of benzene rings is 1. The van der Waals surface area contributed by atoms with Crippen LogP contribution in [0.2, 0.25) is 0 Å². The van der Waals surface area contributed by atoms with E-state index in [1.807, 2.05) is 0 Å². The van der Waals surface area contributed by atoms with Crippen LogP contribution in [0.5, 0.6) is 0 Å². The van der Waals surface area contributed by atoms with E-state index >= 15 is 0 Å². The number of aromatic nitrogens is 1. The van der Waals surface area contributed by atoms with Crippen LogP contribution in [0, 0.1) is 0 Å². The van der Waals surface area contributed by atoms with Gasteiger partial charge in [-0.25, -0.2) is 12.4 Å². The van der Waals surface area contributed by atoms with Gasteiger partial charge in [-0.15, -0.1) is 0 Å². The maximum atomic E-state index is 12.6. The summed E-state index contributed by atoms with van der Waals surface area (Å²) in [6, 6.07) is 8.18. The Labute approximate surface area is 117 Å². The van der Waals surface area contributed by atoms with Crippen LogP contribution in [0.3, 0.4) is 0 Å². The first-order chi connectivity index (χ1) is 9.41.